The first-order valence-corrected chi connectivity index (χ1v) is 8.50. The van der Waals surface area contributed by atoms with Gasteiger partial charge in [-0.15, -0.1) is 10.2 Å². The Kier molecular flexibility index (Phi) is 5.54. The molecule has 1 amide bonds. The maximum Gasteiger partial charge on any atom is 0.237 e. The van der Waals surface area contributed by atoms with Crippen LogP contribution in [0.3, 0.4) is 0 Å². The number of nitrogens with two attached hydrogens (primary N) is 1. The molecule has 1 heterocycles. The minimum atomic E-state index is -0.375. The summed E-state index contributed by atoms with van der Waals surface area (Å²) in [5.74, 6) is 6.68. The number of carbonyl (C=O) groups is 1. The van der Waals surface area contributed by atoms with E-state index in [0.29, 0.717) is 21.7 Å². The quantitative estimate of drug-likeness (QED) is 0.636. The fourth-order valence-corrected chi connectivity index (χ4v) is 2.90. The Morgan fingerprint density at radius 3 is 2.65 bits per heavy atom. The minimum Gasteiger partial charge on any atom is -0.336 e. The van der Waals surface area contributed by atoms with Crippen LogP contribution in [0, 0.1) is 6.92 Å². The second-order valence-corrected chi connectivity index (χ2v) is 7.24. The highest BCUT2D eigenvalue weighted by Gasteiger charge is 2.21. The predicted molar refractivity (Wildman–Crippen MR) is 94.4 cm³/mol. The monoisotopic (exact) mass is 353 g/mol. The lowest BCUT2D eigenvalue weighted by Gasteiger charge is -2.14. The summed E-state index contributed by atoms with van der Waals surface area (Å²) in [5.41, 5.74) is 1.54. The number of carbonyl (C=O) groups excluding carboxylic acids is 1. The normalized spacial score (nSPS) is 12.4. The lowest BCUT2D eigenvalue weighted by Crippen LogP contribution is -2.24. The summed E-state index contributed by atoms with van der Waals surface area (Å²) in [5, 5.41) is 11.7. The number of nitrogen functional groups attached to an aromatic ring is 1. The first kappa shape index (κ1) is 17.6. The molecule has 0 radical (unpaired) electrons. The van der Waals surface area contributed by atoms with Crippen LogP contribution in [0.1, 0.15) is 38.1 Å². The Bertz CT molecular complexity index is 716. The minimum absolute atomic E-state index is 0.144. The maximum absolute atomic E-state index is 12.4. The SMILES string of the molecule is Cc1c(Cl)cccc1NC(=O)[C@H](C)Sc1nnc(C(C)C)n1N. The number of halogens is 1. The van der Waals surface area contributed by atoms with Crippen LogP contribution in [0.25, 0.3) is 0 Å². The van der Waals surface area contributed by atoms with Gasteiger partial charge in [0.15, 0.2) is 5.82 Å². The standard InChI is InChI=1S/C15H20ClN5OS/c1-8(2)13-19-20-15(21(13)17)23-10(4)14(22)18-12-7-5-6-11(16)9(12)3/h5-8,10H,17H2,1-4H3,(H,18,22)/t10-/m0/s1. The van der Waals surface area contributed by atoms with Gasteiger partial charge in [0.05, 0.1) is 5.25 Å². The van der Waals surface area contributed by atoms with Gasteiger partial charge in [-0.1, -0.05) is 43.3 Å². The number of amides is 1. The smallest absolute Gasteiger partial charge is 0.237 e. The van der Waals surface area contributed by atoms with Crippen molar-refractivity contribution in [2.45, 2.75) is 44.0 Å². The molecule has 1 atom stereocenters. The van der Waals surface area contributed by atoms with E-state index >= 15 is 0 Å². The van der Waals surface area contributed by atoms with Crippen LogP contribution in [0.4, 0.5) is 5.69 Å². The van der Waals surface area contributed by atoms with Crippen LogP contribution in [0.15, 0.2) is 23.4 Å². The Morgan fingerprint density at radius 2 is 2.04 bits per heavy atom. The average molecular weight is 354 g/mol. The van der Waals surface area contributed by atoms with Crippen molar-refractivity contribution in [3.8, 4) is 0 Å². The molecule has 0 unspecified atom stereocenters. The number of rotatable bonds is 5. The van der Waals surface area contributed by atoms with Crippen molar-refractivity contribution in [2.75, 3.05) is 11.2 Å². The lowest BCUT2D eigenvalue weighted by molar-refractivity contribution is -0.115. The third kappa shape index (κ3) is 3.97. The number of aromatic nitrogens is 3. The highest BCUT2D eigenvalue weighted by molar-refractivity contribution is 8.00. The van der Waals surface area contributed by atoms with Gasteiger partial charge in [0.2, 0.25) is 11.1 Å². The van der Waals surface area contributed by atoms with Crippen molar-refractivity contribution in [3.63, 3.8) is 0 Å². The molecule has 2 aromatic rings. The number of nitrogens with zero attached hydrogens (tertiary/aromatic N) is 3. The summed E-state index contributed by atoms with van der Waals surface area (Å²) < 4.78 is 1.43. The van der Waals surface area contributed by atoms with Crippen LogP contribution in [-0.2, 0) is 4.79 Å². The Morgan fingerprint density at radius 1 is 1.35 bits per heavy atom. The number of nitrogens with one attached hydrogen (secondary N) is 1. The lowest BCUT2D eigenvalue weighted by atomic mass is 10.2. The zero-order valence-electron chi connectivity index (χ0n) is 13.5. The van der Waals surface area contributed by atoms with Gasteiger partial charge in [-0.2, -0.15) is 0 Å². The fourth-order valence-electron chi connectivity index (χ4n) is 1.95. The molecule has 0 aliphatic rings. The molecular weight excluding hydrogens is 334 g/mol. The first-order valence-electron chi connectivity index (χ1n) is 7.24. The molecular formula is C15H20ClN5OS. The van der Waals surface area contributed by atoms with E-state index in [1.807, 2.05) is 26.8 Å². The molecule has 1 aromatic heterocycles. The summed E-state index contributed by atoms with van der Waals surface area (Å²) in [6.07, 6.45) is 0. The summed E-state index contributed by atoms with van der Waals surface area (Å²) in [7, 11) is 0. The molecule has 0 fully saturated rings. The molecule has 2 rings (SSSR count). The van der Waals surface area contributed by atoms with Gasteiger partial charge in [0.25, 0.3) is 0 Å². The second kappa shape index (κ2) is 7.23. The Balaban J connectivity index is 2.07. The molecule has 8 heteroatoms. The van der Waals surface area contributed by atoms with Gasteiger partial charge in [-0.3, -0.25) is 4.79 Å². The van der Waals surface area contributed by atoms with E-state index in [2.05, 4.69) is 15.5 Å². The van der Waals surface area contributed by atoms with Gasteiger partial charge in [0, 0.05) is 16.6 Å². The van der Waals surface area contributed by atoms with Crippen molar-refractivity contribution in [2.24, 2.45) is 0 Å². The van der Waals surface area contributed by atoms with E-state index in [4.69, 9.17) is 17.4 Å². The Labute approximate surface area is 144 Å². The fraction of sp³-hybridized carbons (Fsp3) is 0.400. The number of benzene rings is 1. The average Bonchev–Trinajstić information content (AvgIpc) is 2.85. The molecule has 0 aliphatic heterocycles. The molecule has 0 saturated carbocycles. The molecule has 3 N–H and O–H groups in total. The van der Waals surface area contributed by atoms with Gasteiger partial charge < -0.3 is 11.2 Å². The first-order chi connectivity index (χ1) is 10.8. The number of thioether (sulfide) groups is 1. The van der Waals surface area contributed by atoms with E-state index in [1.165, 1.54) is 16.4 Å². The maximum atomic E-state index is 12.4. The number of hydrogen-bond donors (Lipinski definition) is 2. The number of hydrogen-bond acceptors (Lipinski definition) is 5. The zero-order valence-corrected chi connectivity index (χ0v) is 15.1. The van der Waals surface area contributed by atoms with E-state index in [0.717, 1.165) is 5.56 Å². The van der Waals surface area contributed by atoms with Crippen LogP contribution in [0.5, 0.6) is 0 Å². The molecule has 1 aromatic carbocycles. The molecule has 0 spiro atoms. The topological polar surface area (TPSA) is 85.8 Å². The molecule has 6 nitrogen and oxygen atoms in total. The number of anilines is 1. The van der Waals surface area contributed by atoms with Crippen molar-refractivity contribution >= 4 is 35.0 Å². The van der Waals surface area contributed by atoms with Gasteiger partial charge in [0.1, 0.15) is 0 Å². The highest BCUT2D eigenvalue weighted by Crippen LogP contribution is 2.26. The van der Waals surface area contributed by atoms with Crippen LogP contribution in [-0.4, -0.2) is 26.0 Å². The van der Waals surface area contributed by atoms with E-state index in [9.17, 15) is 4.79 Å². The summed E-state index contributed by atoms with van der Waals surface area (Å²) in [6.45, 7) is 7.63. The third-order valence-electron chi connectivity index (χ3n) is 3.38. The van der Waals surface area contributed by atoms with Crippen molar-refractivity contribution in [1.29, 1.82) is 0 Å². The van der Waals surface area contributed by atoms with Gasteiger partial charge in [-0.25, -0.2) is 4.68 Å². The van der Waals surface area contributed by atoms with E-state index in [1.54, 1.807) is 19.1 Å². The molecule has 0 aliphatic carbocycles. The summed E-state index contributed by atoms with van der Waals surface area (Å²) in [4.78, 5) is 12.4. The molecule has 23 heavy (non-hydrogen) atoms. The predicted octanol–water partition coefficient (Wildman–Crippen LogP) is 3.20. The van der Waals surface area contributed by atoms with Crippen LogP contribution in [0.2, 0.25) is 5.02 Å². The second-order valence-electron chi connectivity index (χ2n) is 5.53. The molecule has 0 saturated heterocycles. The van der Waals surface area contributed by atoms with Gasteiger partial charge in [-0.05, 0) is 31.5 Å². The third-order valence-corrected chi connectivity index (χ3v) is 4.85. The van der Waals surface area contributed by atoms with Crippen molar-refractivity contribution in [1.82, 2.24) is 14.9 Å². The molecule has 124 valence electrons. The van der Waals surface area contributed by atoms with Crippen molar-refractivity contribution < 1.29 is 4.79 Å². The highest BCUT2D eigenvalue weighted by atomic mass is 35.5. The summed E-state index contributed by atoms with van der Waals surface area (Å²) in [6, 6.07) is 5.40. The van der Waals surface area contributed by atoms with Crippen LogP contribution >= 0.6 is 23.4 Å². The largest absolute Gasteiger partial charge is 0.336 e. The Hall–Kier alpha value is -1.73. The van der Waals surface area contributed by atoms with E-state index < -0.39 is 0 Å². The van der Waals surface area contributed by atoms with Crippen molar-refractivity contribution in [3.05, 3.63) is 34.6 Å². The van der Waals surface area contributed by atoms with Gasteiger partial charge >= 0.3 is 0 Å². The van der Waals surface area contributed by atoms with E-state index in [-0.39, 0.29) is 17.1 Å². The zero-order chi connectivity index (χ0) is 17.1. The molecule has 0 bridgehead atoms. The summed E-state index contributed by atoms with van der Waals surface area (Å²) >= 11 is 7.33. The van der Waals surface area contributed by atoms with Crippen LogP contribution < -0.4 is 11.2 Å².